The highest BCUT2D eigenvalue weighted by molar-refractivity contribution is 5.82. The Balaban J connectivity index is 1.42. The number of amides is 1. The van der Waals surface area contributed by atoms with E-state index in [1.54, 1.807) is 6.07 Å². The van der Waals surface area contributed by atoms with Crippen LogP contribution in [0.25, 0.3) is 0 Å². The Labute approximate surface area is 188 Å². The molecule has 4 nitrogen and oxygen atoms in total. The van der Waals surface area contributed by atoms with Gasteiger partial charge in [0.15, 0.2) is 0 Å². The molecular weight excluding hydrogens is 415 g/mol. The van der Waals surface area contributed by atoms with E-state index in [0.29, 0.717) is 18.0 Å². The lowest BCUT2D eigenvalue weighted by Gasteiger charge is -2.50. The van der Waals surface area contributed by atoms with Gasteiger partial charge in [-0.1, -0.05) is 32.1 Å². The van der Waals surface area contributed by atoms with Crippen LogP contribution in [0.15, 0.2) is 18.2 Å². The third-order valence-corrected chi connectivity index (χ3v) is 8.20. The van der Waals surface area contributed by atoms with Gasteiger partial charge in [-0.15, -0.1) is 0 Å². The SMILES string of the molecule is O=C(NC1CCCCC1)[C@H]1Cc2cc(C(F)(F)F)ccc2N2CCN(C3CCCC3)C[C@H]12. The summed E-state index contributed by atoms with van der Waals surface area (Å²) in [7, 11) is 0. The van der Waals surface area contributed by atoms with E-state index in [-0.39, 0.29) is 23.9 Å². The molecule has 0 aromatic heterocycles. The molecule has 2 heterocycles. The first kappa shape index (κ1) is 22.1. The molecule has 1 aromatic carbocycles. The number of fused-ring (bicyclic) bond motifs is 3. The molecule has 2 saturated carbocycles. The van der Waals surface area contributed by atoms with Crippen LogP contribution in [0, 0.1) is 5.92 Å². The van der Waals surface area contributed by atoms with Gasteiger partial charge in [-0.2, -0.15) is 13.2 Å². The summed E-state index contributed by atoms with van der Waals surface area (Å²) in [6.07, 6.45) is 6.51. The zero-order valence-corrected chi connectivity index (χ0v) is 18.7. The number of hydrogen-bond donors (Lipinski definition) is 1. The molecule has 4 aliphatic rings. The number of benzene rings is 1. The molecule has 1 aromatic rings. The number of anilines is 1. The minimum atomic E-state index is -4.37. The fourth-order valence-corrected chi connectivity index (χ4v) is 6.48. The second kappa shape index (κ2) is 8.88. The molecule has 2 aliphatic heterocycles. The van der Waals surface area contributed by atoms with Crippen molar-refractivity contribution in [3.8, 4) is 0 Å². The van der Waals surface area contributed by atoms with Gasteiger partial charge in [0.25, 0.3) is 0 Å². The summed E-state index contributed by atoms with van der Waals surface area (Å²) in [4.78, 5) is 18.2. The Morgan fingerprint density at radius 3 is 2.41 bits per heavy atom. The van der Waals surface area contributed by atoms with Gasteiger partial charge >= 0.3 is 6.18 Å². The quantitative estimate of drug-likeness (QED) is 0.723. The molecule has 2 atom stereocenters. The minimum absolute atomic E-state index is 0.0252. The lowest BCUT2D eigenvalue weighted by atomic mass is 9.82. The van der Waals surface area contributed by atoms with E-state index in [0.717, 1.165) is 51.0 Å². The molecular formula is C25H34F3N3O. The van der Waals surface area contributed by atoms with Crippen molar-refractivity contribution in [3.63, 3.8) is 0 Å². The monoisotopic (exact) mass is 449 g/mol. The number of piperazine rings is 1. The van der Waals surface area contributed by atoms with E-state index >= 15 is 0 Å². The van der Waals surface area contributed by atoms with Crippen molar-refractivity contribution in [2.75, 3.05) is 24.5 Å². The number of carbonyl (C=O) groups excluding carboxylic acids is 1. The normalized spacial score (nSPS) is 27.8. The van der Waals surface area contributed by atoms with Crippen molar-refractivity contribution < 1.29 is 18.0 Å². The maximum atomic E-state index is 13.5. The van der Waals surface area contributed by atoms with Gasteiger partial charge in [-0.05, 0) is 55.9 Å². The molecule has 3 fully saturated rings. The summed E-state index contributed by atoms with van der Waals surface area (Å²) in [5.74, 6) is -0.277. The van der Waals surface area contributed by atoms with Crippen molar-refractivity contribution in [2.45, 2.75) is 88.5 Å². The second-order valence-electron chi connectivity index (χ2n) is 10.2. The Bertz CT molecular complexity index is 830. The van der Waals surface area contributed by atoms with Crippen LogP contribution in [0.4, 0.5) is 18.9 Å². The first-order valence-electron chi connectivity index (χ1n) is 12.4. The first-order valence-corrected chi connectivity index (χ1v) is 12.4. The van der Waals surface area contributed by atoms with Crippen LogP contribution < -0.4 is 10.2 Å². The summed E-state index contributed by atoms with van der Waals surface area (Å²) in [6.45, 7) is 2.51. The van der Waals surface area contributed by atoms with E-state index in [1.165, 1.54) is 44.2 Å². The average molecular weight is 450 g/mol. The number of halogens is 3. The number of nitrogens with one attached hydrogen (secondary N) is 1. The maximum Gasteiger partial charge on any atom is 0.416 e. The third kappa shape index (κ3) is 4.37. The van der Waals surface area contributed by atoms with Crippen LogP contribution >= 0.6 is 0 Å². The zero-order chi connectivity index (χ0) is 22.3. The first-order chi connectivity index (χ1) is 15.4. The van der Waals surface area contributed by atoms with E-state index in [2.05, 4.69) is 15.1 Å². The van der Waals surface area contributed by atoms with Crippen molar-refractivity contribution in [1.82, 2.24) is 10.2 Å². The van der Waals surface area contributed by atoms with E-state index < -0.39 is 11.7 Å². The van der Waals surface area contributed by atoms with E-state index in [1.807, 2.05) is 0 Å². The van der Waals surface area contributed by atoms with Crippen LogP contribution in [0.3, 0.4) is 0 Å². The van der Waals surface area contributed by atoms with Crippen molar-refractivity contribution >= 4 is 11.6 Å². The van der Waals surface area contributed by atoms with Crippen LogP contribution in [0.2, 0.25) is 0 Å². The van der Waals surface area contributed by atoms with Crippen molar-refractivity contribution in [2.24, 2.45) is 5.92 Å². The molecule has 32 heavy (non-hydrogen) atoms. The molecule has 1 N–H and O–H groups in total. The summed E-state index contributed by atoms with van der Waals surface area (Å²) in [5.41, 5.74) is 0.927. The summed E-state index contributed by atoms with van der Waals surface area (Å²) >= 11 is 0. The predicted molar refractivity (Wildman–Crippen MR) is 119 cm³/mol. The van der Waals surface area contributed by atoms with Crippen LogP contribution in [-0.2, 0) is 17.4 Å². The van der Waals surface area contributed by atoms with Gasteiger partial charge in [0.05, 0.1) is 17.5 Å². The Kier molecular flexibility index (Phi) is 6.12. The van der Waals surface area contributed by atoms with Gasteiger partial charge in [0.2, 0.25) is 5.91 Å². The molecule has 176 valence electrons. The van der Waals surface area contributed by atoms with Gasteiger partial charge in [-0.25, -0.2) is 0 Å². The number of hydrogen-bond acceptors (Lipinski definition) is 3. The number of nitrogens with zero attached hydrogens (tertiary/aromatic N) is 2. The molecule has 1 amide bonds. The van der Waals surface area contributed by atoms with Crippen molar-refractivity contribution in [1.29, 1.82) is 0 Å². The maximum absolute atomic E-state index is 13.5. The van der Waals surface area contributed by atoms with E-state index in [9.17, 15) is 18.0 Å². The molecule has 0 radical (unpaired) electrons. The standard InChI is InChI=1S/C25H34F3N3O/c26-25(27,28)18-10-11-22-17(14-18)15-21(24(32)29-19-6-2-1-3-7-19)23-16-30(12-13-31(22)23)20-8-4-5-9-20/h10-11,14,19-21,23H,1-9,12-13,15-16H2,(H,29,32)/t21-,23+/m0/s1. The Morgan fingerprint density at radius 1 is 0.969 bits per heavy atom. The summed E-state index contributed by atoms with van der Waals surface area (Å²) < 4.78 is 40.1. The zero-order valence-electron chi connectivity index (χ0n) is 18.7. The average Bonchev–Trinajstić information content (AvgIpc) is 3.33. The second-order valence-corrected chi connectivity index (χ2v) is 10.2. The molecule has 1 saturated heterocycles. The molecule has 0 spiro atoms. The smallest absolute Gasteiger partial charge is 0.365 e. The van der Waals surface area contributed by atoms with Gasteiger partial charge in [-0.3, -0.25) is 9.69 Å². The highest BCUT2D eigenvalue weighted by Gasteiger charge is 2.44. The molecule has 2 aliphatic carbocycles. The van der Waals surface area contributed by atoms with Crippen LogP contribution in [0.5, 0.6) is 0 Å². The Hall–Kier alpha value is -1.76. The highest BCUT2D eigenvalue weighted by Crippen LogP contribution is 2.40. The largest absolute Gasteiger partial charge is 0.416 e. The van der Waals surface area contributed by atoms with Crippen LogP contribution in [0.1, 0.15) is 68.9 Å². The molecule has 0 unspecified atom stereocenters. The molecule has 5 rings (SSSR count). The number of carbonyl (C=O) groups is 1. The summed E-state index contributed by atoms with van der Waals surface area (Å²) in [6, 6.07) is 4.93. The highest BCUT2D eigenvalue weighted by atomic mass is 19.4. The van der Waals surface area contributed by atoms with Gasteiger partial charge in [0.1, 0.15) is 0 Å². The summed E-state index contributed by atoms with van der Waals surface area (Å²) in [5, 5.41) is 3.28. The molecule has 0 bridgehead atoms. The van der Waals surface area contributed by atoms with Gasteiger partial charge < -0.3 is 10.2 Å². The fourth-order valence-electron chi connectivity index (χ4n) is 6.48. The number of rotatable bonds is 3. The fraction of sp³-hybridized carbons (Fsp3) is 0.720. The third-order valence-electron chi connectivity index (χ3n) is 8.20. The lowest BCUT2D eigenvalue weighted by Crippen LogP contribution is -2.62. The minimum Gasteiger partial charge on any atom is -0.365 e. The van der Waals surface area contributed by atoms with E-state index in [4.69, 9.17) is 0 Å². The predicted octanol–water partition coefficient (Wildman–Crippen LogP) is 4.76. The number of alkyl halides is 3. The van der Waals surface area contributed by atoms with Gasteiger partial charge in [0, 0.05) is 37.4 Å². The molecule has 7 heteroatoms. The Morgan fingerprint density at radius 2 is 1.69 bits per heavy atom. The topological polar surface area (TPSA) is 35.6 Å². The lowest BCUT2D eigenvalue weighted by molar-refractivity contribution is -0.137. The van der Waals surface area contributed by atoms with Crippen LogP contribution in [-0.4, -0.2) is 48.6 Å². The van der Waals surface area contributed by atoms with Crippen molar-refractivity contribution in [3.05, 3.63) is 29.3 Å².